The Labute approximate surface area is 206 Å². The predicted octanol–water partition coefficient (Wildman–Crippen LogP) is 5.15. The number of hydrogen-bond donors (Lipinski definition) is 2. The third-order valence-corrected chi connectivity index (χ3v) is 8.32. The van der Waals surface area contributed by atoms with Crippen molar-refractivity contribution in [3.8, 4) is 0 Å². The van der Waals surface area contributed by atoms with Crippen LogP contribution in [0.25, 0.3) is 0 Å². The fourth-order valence-electron chi connectivity index (χ4n) is 3.26. The van der Waals surface area contributed by atoms with Crippen LogP contribution in [0.5, 0.6) is 0 Å². The van der Waals surface area contributed by atoms with Gasteiger partial charge in [-0.3, -0.25) is 9.59 Å². The van der Waals surface area contributed by atoms with Crippen molar-refractivity contribution in [2.45, 2.75) is 76.3 Å². The summed E-state index contributed by atoms with van der Waals surface area (Å²) >= 11 is 3.96. The minimum atomic E-state index is -0.540. The molecule has 1 aliphatic carbocycles. The monoisotopic (exact) mass is 510 g/mol. The number of aromatic nitrogens is 2. The molecular weight excluding hydrogens is 480 g/mol. The first-order chi connectivity index (χ1) is 15.6. The van der Waals surface area contributed by atoms with Crippen LogP contribution in [0.2, 0.25) is 0 Å². The van der Waals surface area contributed by atoms with Crippen molar-refractivity contribution < 1.29 is 19.1 Å². The van der Waals surface area contributed by atoms with Crippen LogP contribution in [0.4, 0.5) is 10.1 Å². The highest BCUT2D eigenvalue weighted by Gasteiger charge is 2.28. The minimum Gasteiger partial charge on any atom is -0.462 e. The molecule has 2 aromatic rings. The summed E-state index contributed by atoms with van der Waals surface area (Å²) in [5.74, 6) is -0.752. The number of aryl methyl sites for hydroxylation is 1. The van der Waals surface area contributed by atoms with Crippen molar-refractivity contribution >= 4 is 62.4 Å². The lowest BCUT2D eigenvalue weighted by Gasteiger charge is -2.15. The molecule has 0 aliphatic heterocycles. The summed E-state index contributed by atoms with van der Waals surface area (Å²) in [7, 11) is 0. The van der Waals surface area contributed by atoms with E-state index in [1.807, 2.05) is 20.8 Å². The van der Waals surface area contributed by atoms with E-state index in [4.69, 9.17) is 4.74 Å². The first-order valence-corrected chi connectivity index (χ1v) is 13.6. The van der Waals surface area contributed by atoms with Gasteiger partial charge in [-0.1, -0.05) is 50.3 Å². The molecule has 0 radical (unpaired) electrons. The summed E-state index contributed by atoms with van der Waals surface area (Å²) in [4.78, 5) is 38.9. The fraction of sp³-hybridized carbons (Fsp3) is 0.591. The molecule has 0 saturated carbocycles. The summed E-state index contributed by atoms with van der Waals surface area (Å²) in [6.07, 6.45) is 5.00. The topological polar surface area (TPSA) is 110 Å². The lowest BCUT2D eigenvalue weighted by Crippen LogP contribution is -2.27. The predicted molar refractivity (Wildman–Crippen MR) is 133 cm³/mol. The summed E-state index contributed by atoms with van der Waals surface area (Å²) in [6, 6.07) is 0. The Morgan fingerprint density at radius 1 is 1.09 bits per heavy atom. The normalized spacial score (nSPS) is 14.7. The van der Waals surface area contributed by atoms with Gasteiger partial charge in [0.2, 0.25) is 16.9 Å². The van der Waals surface area contributed by atoms with Crippen LogP contribution in [-0.2, 0) is 27.2 Å². The number of carbonyl (C=O) groups is 3. The van der Waals surface area contributed by atoms with Gasteiger partial charge < -0.3 is 15.4 Å². The van der Waals surface area contributed by atoms with E-state index in [9.17, 15) is 14.4 Å². The number of ether oxygens (including phenoxy) is 1. The molecule has 11 heteroatoms. The van der Waals surface area contributed by atoms with Gasteiger partial charge in [-0.05, 0) is 45.1 Å². The molecule has 8 nitrogen and oxygen atoms in total. The second kappa shape index (κ2) is 11.0. The van der Waals surface area contributed by atoms with Gasteiger partial charge in [0.15, 0.2) is 4.34 Å². The van der Waals surface area contributed by atoms with Gasteiger partial charge in [0, 0.05) is 10.3 Å². The Balaban J connectivity index is 1.70. The van der Waals surface area contributed by atoms with E-state index in [-0.39, 0.29) is 24.4 Å². The van der Waals surface area contributed by atoms with Crippen LogP contribution in [0.1, 0.15) is 74.7 Å². The maximum atomic E-state index is 13.0. The number of amides is 2. The van der Waals surface area contributed by atoms with Crippen molar-refractivity contribution in [2.24, 2.45) is 5.41 Å². The zero-order valence-corrected chi connectivity index (χ0v) is 22.0. The summed E-state index contributed by atoms with van der Waals surface area (Å²) < 4.78 is 5.87. The number of thiophene rings is 1. The summed E-state index contributed by atoms with van der Waals surface area (Å²) in [6.45, 7) is 9.30. The molecule has 2 N–H and O–H groups in total. The average molecular weight is 511 g/mol. The molecule has 2 heterocycles. The standard InChI is InChI=1S/C22H30N4O4S3/c1-6-30-18(28)15-13-10-8-7-9-11-14(13)32-17(15)23-16(27)12(2)31-21-26-25-20(33-21)24-19(29)22(3,4)5/h12H,6-11H2,1-5H3,(H,23,27)(H,24,25,29). The van der Waals surface area contributed by atoms with E-state index in [1.165, 1.54) is 34.4 Å². The zero-order chi connectivity index (χ0) is 24.2. The van der Waals surface area contributed by atoms with Crippen molar-refractivity contribution in [3.63, 3.8) is 0 Å². The third kappa shape index (κ3) is 6.54. The number of nitrogens with zero attached hydrogens (tertiary/aromatic N) is 2. The second-order valence-corrected chi connectivity index (χ2v) is 12.5. The van der Waals surface area contributed by atoms with Crippen molar-refractivity contribution in [1.82, 2.24) is 10.2 Å². The Hall–Kier alpha value is -1.98. The Kier molecular flexibility index (Phi) is 8.52. The first-order valence-electron chi connectivity index (χ1n) is 11.0. The van der Waals surface area contributed by atoms with Crippen LogP contribution < -0.4 is 10.6 Å². The molecule has 0 spiro atoms. The maximum Gasteiger partial charge on any atom is 0.341 e. The molecule has 2 aromatic heterocycles. The molecule has 180 valence electrons. The highest BCUT2D eigenvalue weighted by molar-refractivity contribution is 8.02. The number of anilines is 2. The number of fused-ring (bicyclic) bond motifs is 1. The number of esters is 1. The Morgan fingerprint density at radius 3 is 2.52 bits per heavy atom. The molecule has 0 fully saturated rings. The number of nitrogens with one attached hydrogen (secondary N) is 2. The zero-order valence-electron chi connectivity index (χ0n) is 19.6. The van der Waals surface area contributed by atoms with Gasteiger partial charge in [-0.25, -0.2) is 4.79 Å². The van der Waals surface area contributed by atoms with Crippen LogP contribution in [0.3, 0.4) is 0 Å². The van der Waals surface area contributed by atoms with Gasteiger partial charge in [0.1, 0.15) is 5.00 Å². The molecule has 0 bridgehead atoms. The molecule has 3 rings (SSSR count). The van der Waals surface area contributed by atoms with E-state index in [1.54, 1.807) is 13.8 Å². The molecule has 2 amide bonds. The number of hydrogen-bond acceptors (Lipinski definition) is 9. The highest BCUT2D eigenvalue weighted by Crippen LogP contribution is 2.39. The smallest absolute Gasteiger partial charge is 0.341 e. The van der Waals surface area contributed by atoms with Gasteiger partial charge in [-0.2, -0.15) is 0 Å². The van der Waals surface area contributed by atoms with Gasteiger partial charge in [0.05, 0.1) is 17.4 Å². The van der Waals surface area contributed by atoms with E-state index < -0.39 is 10.7 Å². The van der Waals surface area contributed by atoms with Crippen LogP contribution in [-0.4, -0.2) is 39.8 Å². The summed E-state index contributed by atoms with van der Waals surface area (Å²) in [5.41, 5.74) is 0.990. The van der Waals surface area contributed by atoms with Crippen molar-refractivity contribution in [2.75, 3.05) is 17.2 Å². The average Bonchev–Trinajstić information content (AvgIpc) is 3.23. The Morgan fingerprint density at radius 2 is 1.82 bits per heavy atom. The highest BCUT2D eigenvalue weighted by atomic mass is 32.2. The fourth-order valence-corrected chi connectivity index (χ4v) is 6.43. The maximum absolute atomic E-state index is 13.0. The molecule has 1 atom stereocenters. The lowest BCUT2D eigenvalue weighted by atomic mass is 9.96. The van der Waals surface area contributed by atoms with Crippen molar-refractivity contribution in [1.29, 1.82) is 0 Å². The number of thioether (sulfide) groups is 1. The number of rotatable bonds is 7. The summed E-state index contributed by atoms with van der Waals surface area (Å²) in [5, 5.41) is 14.3. The van der Waals surface area contributed by atoms with Crippen LogP contribution in [0, 0.1) is 5.41 Å². The SMILES string of the molecule is CCOC(=O)c1c(NC(=O)C(C)Sc2nnc(NC(=O)C(C)(C)C)s2)sc2c1CCCCC2. The van der Waals surface area contributed by atoms with Crippen molar-refractivity contribution in [3.05, 3.63) is 16.0 Å². The molecule has 1 aliphatic rings. The van der Waals surface area contributed by atoms with Gasteiger partial charge in [0.25, 0.3) is 0 Å². The van der Waals surface area contributed by atoms with E-state index in [2.05, 4.69) is 20.8 Å². The van der Waals surface area contributed by atoms with Gasteiger partial charge in [-0.15, -0.1) is 21.5 Å². The first kappa shape index (κ1) is 25.6. The molecule has 33 heavy (non-hydrogen) atoms. The second-order valence-electron chi connectivity index (χ2n) is 8.82. The molecule has 1 unspecified atom stereocenters. The van der Waals surface area contributed by atoms with Gasteiger partial charge >= 0.3 is 5.97 Å². The third-order valence-electron chi connectivity index (χ3n) is 5.09. The van der Waals surface area contributed by atoms with E-state index in [0.29, 0.717) is 20.0 Å². The number of carbonyl (C=O) groups excluding carboxylic acids is 3. The molecule has 0 aromatic carbocycles. The van der Waals surface area contributed by atoms with E-state index >= 15 is 0 Å². The van der Waals surface area contributed by atoms with Crippen LogP contribution >= 0.6 is 34.4 Å². The quantitative estimate of drug-likeness (QED) is 0.229. The van der Waals surface area contributed by atoms with Crippen LogP contribution in [0.15, 0.2) is 4.34 Å². The lowest BCUT2D eigenvalue weighted by molar-refractivity contribution is -0.123. The molecule has 0 saturated heterocycles. The minimum absolute atomic E-state index is 0.148. The Bertz CT molecular complexity index is 1030. The van der Waals surface area contributed by atoms with E-state index in [0.717, 1.165) is 42.5 Å². The molecular formula is C22H30N4O4S3. The largest absolute Gasteiger partial charge is 0.462 e.